The predicted molar refractivity (Wildman–Crippen MR) is 203 cm³/mol. The van der Waals surface area contributed by atoms with Gasteiger partial charge in [-0.25, -0.2) is 4.79 Å². The number of nitrogens with zero attached hydrogens (tertiary/aromatic N) is 3. The zero-order valence-corrected chi connectivity index (χ0v) is 31.8. The van der Waals surface area contributed by atoms with Crippen LogP contribution in [-0.2, 0) is 4.74 Å². The Hall–Kier alpha value is -2.95. The third-order valence-electron chi connectivity index (χ3n) is 14.3. The summed E-state index contributed by atoms with van der Waals surface area (Å²) in [7, 11) is 4.03. The standard InChI is InChI=1S/C44H63N3O2/c1-9-31(29(2)3)11-10-30(4)39-22-23-40-38-21-14-33-28-37(24-26-43(33,5)41(38)25-27-44(39,40)6)49-42(48)32-12-15-34(16-13-32)45-46-35-17-19-36(20-18-35)47(7)8/h12-20,29-31,37-41H,9-11,21-28H2,1-8H3/t30-,31-,37?,38+,39?,40+,41+,43+,44-/m1/s1. The Morgan fingerprint density at radius 3 is 2.18 bits per heavy atom. The second-order valence-electron chi connectivity index (χ2n) is 17.4. The number of carbonyl (C=O) groups is 1. The van der Waals surface area contributed by atoms with E-state index in [1.165, 1.54) is 51.4 Å². The van der Waals surface area contributed by atoms with E-state index in [1.54, 1.807) is 5.57 Å². The normalized spacial score (nSPS) is 32.2. The monoisotopic (exact) mass is 665 g/mol. The molecule has 3 fully saturated rings. The van der Waals surface area contributed by atoms with E-state index in [4.69, 9.17) is 4.74 Å². The van der Waals surface area contributed by atoms with Gasteiger partial charge in [-0.05, 0) is 152 Å². The molecule has 9 atom stereocenters. The van der Waals surface area contributed by atoms with E-state index < -0.39 is 0 Å². The number of allylic oxidation sites excluding steroid dienone is 1. The van der Waals surface area contributed by atoms with Gasteiger partial charge in [0.1, 0.15) is 6.10 Å². The first-order chi connectivity index (χ1) is 23.4. The van der Waals surface area contributed by atoms with Crippen molar-refractivity contribution >= 4 is 23.0 Å². The third kappa shape index (κ3) is 7.29. The fourth-order valence-electron chi connectivity index (χ4n) is 11.2. The fourth-order valence-corrected chi connectivity index (χ4v) is 11.2. The van der Waals surface area contributed by atoms with E-state index in [2.05, 4.69) is 62.7 Å². The fraction of sp³-hybridized carbons (Fsp3) is 0.659. The van der Waals surface area contributed by atoms with Crippen LogP contribution in [0.15, 0.2) is 70.4 Å². The van der Waals surface area contributed by atoms with Crippen molar-refractivity contribution in [2.75, 3.05) is 19.0 Å². The van der Waals surface area contributed by atoms with Crippen LogP contribution >= 0.6 is 0 Å². The lowest BCUT2D eigenvalue weighted by atomic mass is 9.47. The topological polar surface area (TPSA) is 54.3 Å². The maximum Gasteiger partial charge on any atom is 0.338 e. The van der Waals surface area contributed by atoms with Crippen LogP contribution in [0, 0.1) is 52.3 Å². The summed E-state index contributed by atoms with van der Waals surface area (Å²) >= 11 is 0. The Balaban J connectivity index is 1.05. The SMILES string of the molecule is CC[C@H](CC[C@@H](C)C1CC[C@H]2[C@@H]3CC=C4CC(OC(=O)c5ccc(N=Nc6ccc(N(C)C)cc6)cc5)CC[C@]4(C)[C@H]3CC[C@]12C)C(C)C. The Kier molecular flexibility index (Phi) is 10.8. The highest BCUT2D eigenvalue weighted by atomic mass is 16.5. The molecule has 0 radical (unpaired) electrons. The number of rotatable bonds is 11. The van der Waals surface area contributed by atoms with Crippen molar-refractivity contribution in [3.63, 3.8) is 0 Å². The highest BCUT2D eigenvalue weighted by Gasteiger charge is 2.59. The second kappa shape index (κ2) is 14.7. The number of hydrogen-bond donors (Lipinski definition) is 0. The molecule has 4 aliphatic rings. The molecule has 0 saturated heterocycles. The molecule has 0 bridgehead atoms. The first-order valence-electron chi connectivity index (χ1n) is 19.6. The zero-order chi connectivity index (χ0) is 34.9. The Morgan fingerprint density at radius 2 is 1.55 bits per heavy atom. The molecule has 0 heterocycles. The van der Waals surface area contributed by atoms with Crippen LogP contribution in [0.25, 0.3) is 0 Å². The molecule has 2 unspecified atom stereocenters. The van der Waals surface area contributed by atoms with E-state index in [-0.39, 0.29) is 17.5 Å². The molecule has 0 N–H and O–H groups in total. The number of fused-ring (bicyclic) bond motifs is 5. The summed E-state index contributed by atoms with van der Waals surface area (Å²) in [5.74, 6) is 5.61. The van der Waals surface area contributed by atoms with E-state index >= 15 is 0 Å². The van der Waals surface area contributed by atoms with Crippen LogP contribution in [0.4, 0.5) is 17.1 Å². The summed E-state index contributed by atoms with van der Waals surface area (Å²) in [6, 6.07) is 15.3. The Labute approximate surface area is 297 Å². The highest BCUT2D eigenvalue weighted by molar-refractivity contribution is 5.89. The average Bonchev–Trinajstić information content (AvgIpc) is 3.45. The Bertz CT molecular complexity index is 1490. The van der Waals surface area contributed by atoms with Gasteiger partial charge in [0.25, 0.3) is 0 Å². The molecule has 266 valence electrons. The molecular weight excluding hydrogens is 603 g/mol. The third-order valence-corrected chi connectivity index (χ3v) is 14.3. The average molecular weight is 666 g/mol. The van der Waals surface area contributed by atoms with Gasteiger partial charge in [-0.15, -0.1) is 0 Å². The van der Waals surface area contributed by atoms with Gasteiger partial charge >= 0.3 is 5.97 Å². The quantitative estimate of drug-likeness (QED) is 0.136. The van der Waals surface area contributed by atoms with Crippen LogP contribution in [0.1, 0.15) is 123 Å². The molecule has 2 aromatic carbocycles. The van der Waals surface area contributed by atoms with Gasteiger partial charge in [-0.3, -0.25) is 0 Å². The number of carbonyl (C=O) groups excluding carboxylic acids is 1. The van der Waals surface area contributed by atoms with Crippen molar-refractivity contribution in [3.05, 3.63) is 65.7 Å². The lowest BCUT2D eigenvalue weighted by Gasteiger charge is -2.58. The first kappa shape index (κ1) is 35.9. The number of ether oxygens (including phenoxy) is 1. The molecule has 5 nitrogen and oxygen atoms in total. The van der Waals surface area contributed by atoms with Gasteiger partial charge < -0.3 is 9.64 Å². The minimum atomic E-state index is -0.233. The molecule has 4 aliphatic carbocycles. The lowest BCUT2D eigenvalue weighted by Crippen LogP contribution is -2.51. The number of hydrogen-bond acceptors (Lipinski definition) is 5. The van der Waals surface area contributed by atoms with E-state index in [9.17, 15) is 4.79 Å². The summed E-state index contributed by atoms with van der Waals surface area (Å²) in [6.07, 6.45) is 16.5. The molecule has 0 aromatic heterocycles. The number of benzene rings is 2. The Morgan fingerprint density at radius 1 is 0.878 bits per heavy atom. The molecule has 6 rings (SSSR count). The summed E-state index contributed by atoms with van der Waals surface area (Å²) in [4.78, 5) is 15.3. The summed E-state index contributed by atoms with van der Waals surface area (Å²) in [5, 5.41) is 8.72. The van der Waals surface area contributed by atoms with Crippen molar-refractivity contribution in [2.24, 2.45) is 62.5 Å². The summed E-state index contributed by atoms with van der Waals surface area (Å²) in [5.41, 5.74) is 5.53. The highest BCUT2D eigenvalue weighted by Crippen LogP contribution is 2.67. The maximum absolute atomic E-state index is 13.2. The summed E-state index contributed by atoms with van der Waals surface area (Å²) < 4.78 is 6.16. The molecule has 49 heavy (non-hydrogen) atoms. The zero-order valence-electron chi connectivity index (χ0n) is 31.8. The molecule has 0 spiro atoms. The molecule has 3 saturated carbocycles. The minimum Gasteiger partial charge on any atom is -0.458 e. The van der Waals surface area contributed by atoms with Crippen LogP contribution in [-0.4, -0.2) is 26.2 Å². The van der Waals surface area contributed by atoms with Gasteiger partial charge in [-0.1, -0.05) is 66.0 Å². The van der Waals surface area contributed by atoms with E-state index in [1.807, 2.05) is 62.6 Å². The van der Waals surface area contributed by atoms with Crippen LogP contribution in [0.3, 0.4) is 0 Å². The van der Waals surface area contributed by atoms with Crippen molar-refractivity contribution in [1.82, 2.24) is 0 Å². The van der Waals surface area contributed by atoms with E-state index in [0.717, 1.165) is 72.1 Å². The number of azo groups is 1. The smallest absolute Gasteiger partial charge is 0.338 e. The minimum absolute atomic E-state index is 0.0452. The second-order valence-corrected chi connectivity index (χ2v) is 17.4. The van der Waals surface area contributed by atoms with Crippen LogP contribution in [0.5, 0.6) is 0 Å². The number of anilines is 1. The molecule has 0 amide bonds. The van der Waals surface area contributed by atoms with Crippen molar-refractivity contribution in [1.29, 1.82) is 0 Å². The van der Waals surface area contributed by atoms with Crippen molar-refractivity contribution < 1.29 is 9.53 Å². The predicted octanol–water partition coefficient (Wildman–Crippen LogP) is 12.4. The number of esters is 1. The molecule has 2 aromatic rings. The largest absolute Gasteiger partial charge is 0.458 e. The van der Waals surface area contributed by atoms with Crippen molar-refractivity contribution in [2.45, 2.75) is 118 Å². The molecule has 5 heteroatoms. The van der Waals surface area contributed by atoms with E-state index in [0.29, 0.717) is 16.7 Å². The lowest BCUT2D eigenvalue weighted by molar-refractivity contribution is -0.0596. The van der Waals surface area contributed by atoms with Gasteiger partial charge in [0.2, 0.25) is 0 Å². The van der Waals surface area contributed by atoms with Crippen LogP contribution < -0.4 is 4.90 Å². The molecule has 0 aliphatic heterocycles. The van der Waals surface area contributed by atoms with Gasteiger partial charge in [0.05, 0.1) is 16.9 Å². The van der Waals surface area contributed by atoms with Gasteiger partial charge in [0, 0.05) is 26.2 Å². The molecular formula is C44H63N3O2. The summed E-state index contributed by atoms with van der Waals surface area (Å²) in [6.45, 7) is 15.1. The first-order valence-corrected chi connectivity index (χ1v) is 19.6. The van der Waals surface area contributed by atoms with Crippen molar-refractivity contribution in [3.8, 4) is 0 Å². The maximum atomic E-state index is 13.2. The van der Waals surface area contributed by atoms with Gasteiger partial charge in [0.15, 0.2) is 0 Å². The van der Waals surface area contributed by atoms with Crippen LogP contribution in [0.2, 0.25) is 0 Å². The van der Waals surface area contributed by atoms with Gasteiger partial charge in [-0.2, -0.15) is 10.2 Å².